The zero-order valence-corrected chi connectivity index (χ0v) is 10.3. The van der Waals surface area contributed by atoms with Gasteiger partial charge in [-0.1, -0.05) is 6.92 Å². The number of hydrogen-bond acceptors (Lipinski definition) is 3. The van der Waals surface area contributed by atoms with Gasteiger partial charge in [0.1, 0.15) is 11.6 Å². The van der Waals surface area contributed by atoms with Crippen molar-refractivity contribution in [2.75, 3.05) is 6.54 Å². The van der Waals surface area contributed by atoms with Gasteiger partial charge in [0.25, 0.3) is 0 Å². The maximum absolute atomic E-state index is 11.5. The first-order chi connectivity index (χ1) is 7.28. The number of amides is 2. The fourth-order valence-corrected chi connectivity index (χ4v) is 1.57. The van der Waals surface area contributed by atoms with Crippen molar-refractivity contribution in [3.8, 4) is 0 Å². The van der Waals surface area contributed by atoms with Crippen molar-refractivity contribution >= 4 is 12.0 Å². The molecule has 2 atom stereocenters. The Kier molecular flexibility index (Phi) is 3.78. The maximum Gasteiger partial charge on any atom is 0.408 e. The average molecular weight is 228 g/mol. The quantitative estimate of drug-likeness (QED) is 0.704. The van der Waals surface area contributed by atoms with Gasteiger partial charge in [0.15, 0.2) is 0 Å². The molecular formula is C11H20N2O3. The summed E-state index contributed by atoms with van der Waals surface area (Å²) in [5, 5.41) is 5.32. The molecule has 0 aromatic heterocycles. The molecule has 1 saturated heterocycles. The van der Waals surface area contributed by atoms with E-state index >= 15 is 0 Å². The summed E-state index contributed by atoms with van der Waals surface area (Å²) in [4.78, 5) is 22.9. The lowest BCUT2D eigenvalue weighted by molar-refractivity contribution is -0.125. The zero-order valence-electron chi connectivity index (χ0n) is 10.3. The Labute approximate surface area is 95.9 Å². The monoisotopic (exact) mass is 228 g/mol. The number of rotatable bonds is 1. The van der Waals surface area contributed by atoms with Crippen LogP contribution in [0.4, 0.5) is 4.79 Å². The molecule has 1 aliphatic rings. The Morgan fingerprint density at radius 1 is 1.50 bits per heavy atom. The van der Waals surface area contributed by atoms with E-state index in [4.69, 9.17) is 4.74 Å². The van der Waals surface area contributed by atoms with Gasteiger partial charge >= 0.3 is 6.09 Å². The predicted molar refractivity (Wildman–Crippen MR) is 59.9 cm³/mol. The average Bonchev–Trinajstić information content (AvgIpc) is 2.08. The topological polar surface area (TPSA) is 67.4 Å². The Balaban J connectivity index is 2.46. The second kappa shape index (κ2) is 4.72. The van der Waals surface area contributed by atoms with E-state index in [9.17, 15) is 9.59 Å². The van der Waals surface area contributed by atoms with Crippen LogP contribution in [0.15, 0.2) is 0 Å². The van der Waals surface area contributed by atoms with Crippen molar-refractivity contribution in [2.45, 2.75) is 45.8 Å². The normalized spacial score (nSPS) is 25.9. The number of carbonyl (C=O) groups excluding carboxylic acids is 2. The molecule has 92 valence electrons. The summed E-state index contributed by atoms with van der Waals surface area (Å²) >= 11 is 0. The van der Waals surface area contributed by atoms with Crippen LogP contribution in [0.3, 0.4) is 0 Å². The van der Waals surface area contributed by atoms with E-state index < -0.39 is 17.7 Å². The maximum atomic E-state index is 11.5. The van der Waals surface area contributed by atoms with Gasteiger partial charge < -0.3 is 15.4 Å². The molecule has 0 saturated carbocycles. The van der Waals surface area contributed by atoms with Crippen molar-refractivity contribution in [1.29, 1.82) is 0 Å². The van der Waals surface area contributed by atoms with Gasteiger partial charge in [-0.05, 0) is 33.1 Å². The number of nitrogens with one attached hydrogen (secondary N) is 2. The molecular weight excluding hydrogens is 208 g/mol. The number of carbonyl (C=O) groups is 2. The van der Waals surface area contributed by atoms with Crippen LogP contribution in [-0.2, 0) is 9.53 Å². The molecule has 5 nitrogen and oxygen atoms in total. The smallest absolute Gasteiger partial charge is 0.408 e. The molecule has 16 heavy (non-hydrogen) atoms. The highest BCUT2D eigenvalue weighted by Gasteiger charge is 2.29. The van der Waals surface area contributed by atoms with Gasteiger partial charge in [0, 0.05) is 6.54 Å². The summed E-state index contributed by atoms with van der Waals surface area (Å²) in [6.45, 7) is 8.07. The number of piperidine rings is 1. The number of hydrogen-bond donors (Lipinski definition) is 2. The van der Waals surface area contributed by atoms with Crippen LogP contribution in [-0.4, -0.2) is 30.2 Å². The minimum absolute atomic E-state index is 0.135. The molecule has 2 N–H and O–H groups in total. The third-order valence-corrected chi connectivity index (χ3v) is 2.27. The van der Waals surface area contributed by atoms with Crippen LogP contribution < -0.4 is 10.6 Å². The second-order valence-corrected chi connectivity index (χ2v) is 5.28. The van der Waals surface area contributed by atoms with Gasteiger partial charge in [-0.2, -0.15) is 0 Å². The summed E-state index contributed by atoms with van der Waals surface area (Å²) in [5.74, 6) is 0.238. The van der Waals surface area contributed by atoms with E-state index in [1.54, 1.807) is 20.8 Å². The lowest BCUT2D eigenvalue weighted by Crippen LogP contribution is -2.53. The van der Waals surface area contributed by atoms with Crippen molar-refractivity contribution in [3.05, 3.63) is 0 Å². The van der Waals surface area contributed by atoms with Gasteiger partial charge in [-0.3, -0.25) is 4.79 Å². The Hall–Kier alpha value is -1.26. The fourth-order valence-electron chi connectivity index (χ4n) is 1.57. The van der Waals surface area contributed by atoms with Crippen LogP contribution in [0.2, 0.25) is 0 Å². The van der Waals surface area contributed by atoms with Crippen LogP contribution in [0.25, 0.3) is 0 Å². The summed E-state index contributed by atoms with van der Waals surface area (Å²) < 4.78 is 5.09. The van der Waals surface area contributed by atoms with Gasteiger partial charge in [-0.15, -0.1) is 0 Å². The predicted octanol–water partition coefficient (Wildman–Crippen LogP) is 1.04. The third-order valence-electron chi connectivity index (χ3n) is 2.27. The summed E-state index contributed by atoms with van der Waals surface area (Å²) in [6, 6.07) is -0.474. The van der Waals surface area contributed by atoms with E-state index in [1.807, 2.05) is 6.92 Å². The Morgan fingerprint density at radius 3 is 2.69 bits per heavy atom. The lowest BCUT2D eigenvalue weighted by atomic mass is 9.97. The summed E-state index contributed by atoms with van der Waals surface area (Å²) in [7, 11) is 0. The largest absolute Gasteiger partial charge is 0.444 e. The third kappa shape index (κ3) is 4.08. The van der Waals surface area contributed by atoms with E-state index in [0.29, 0.717) is 18.9 Å². The van der Waals surface area contributed by atoms with Crippen molar-refractivity contribution in [3.63, 3.8) is 0 Å². The molecule has 0 bridgehead atoms. The standard InChI is InChI=1S/C11H20N2O3/c1-7-5-8(9(14)12-6-7)13-10(15)16-11(2,3)4/h7-8H,5-6H2,1-4H3,(H,12,14)(H,13,15)/t7-,8-/m0/s1. The van der Waals surface area contributed by atoms with Crippen molar-refractivity contribution in [1.82, 2.24) is 10.6 Å². The Morgan fingerprint density at radius 2 is 2.12 bits per heavy atom. The molecule has 0 unspecified atom stereocenters. The molecule has 1 rings (SSSR count). The lowest BCUT2D eigenvalue weighted by Gasteiger charge is -2.28. The Bertz CT molecular complexity index is 283. The van der Waals surface area contributed by atoms with E-state index in [-0.39, 0.29) is 5.91 Å². The highest BCUT2D eigenvalue weighted by Crippen LogP contribution is 2.12. The van der Waals surface area contributed by atoms with Crippen molar-refractivity contribution in [2.24, 2.45) is 5.92 Å². The molecule has 0 aliphatic carbocycles. The van der Waals surface area contributed by atoms with Gasteiger partial charge in [0.2, 0.25) is 5.91 Å². The fraction of sp³-hybridized carbons (Fsp3) is 0.818. The first-order valence-corrected chi connectivity index (χ1v) is 5.55. The van der Waals surface area contributed by atoms with Crippen molar-refractivity contribution < 1.29 is 14.3 Å². The minimum Gasteiger partial charge on any atom is -0.444 e. The highest BCUT2D eigenvalue weighted by molar-refractivity contribution is 5.86. The van der Waals surface area contributed by atoms with E-state index in [2.05, 4.69) is 10.6 Å². The first-order valence-electron chi connectivity index (χ1n) is 5.55. The van der Waals surface area contributed by atoms with Crippen LogP contribution in [0.1, 0.15) is 34.1 Å². The molecule has 0 spiro atoms. The van der Waals surface area contributed by atoms with Gasteiger partial charge in [0.05, 0.1) is 0 Å². The molecule has 5 heteroatoms. The number of ether oxygens (including phenoxy) is 1. The molecule has 2 amide bonds. The molecule has 0 radical (unpaired) electrons. The van der Waals surface area contributed by atoms with Crippen LogP contribution >= 0.6 is 0 Å². The second-order valence-electron chi connectivity index (χ2n) is 5.28. The van der Waals surface area contributed by atoms with Crippen LogP contribution in [0, 0.1) is 5.92 Å². The molecule has 1 aliphatic heterocycles. The molecule has 1 fully saturated rings. The summed E-state index contributed by atoms with van der Waals surface area (Å²) in [5.41, 5.74) is -0.541. The molecule has 0 aromatic carbocycles. The minimum atomic E-state index is -0.541. The van der Waals surface area contributed by atoms with Crippen LogP contribution in [0.5, 0.6) is 0 Å². The molecule has 0 aromatic rings. The highest BCUT2D eigenvalue weighted by atomic mass is 16.6. The zero-order chi connectivity index (χ0) is 12.3. The summed E-state index contributed by atoms with van der Waals surface area (Å²) in [6.07, 6.45) is 0.118. The van der Waals surface area contributed by atoms with E-state index in [0.717, 1.165) is 0 Å². The number of alkyl carbamates (subject to hydrolysis) is 1. The SMILES string of the molecule is C[C@@H]1CNC(=O)[C@@H](NC(=O)OC(C)(C)C)C1. The van der Waals surface area contributed by atoms with Gasteiger partial charge in [-0.25, -0.2) is 4.79 Å². The van der Waals surface area contributed by atoms with E-state index in [1.165, 1.54) is 0 Å². The molecule has 1 heterocycles. The first kappa shape index (κ1) is 12.8.